The largest absolute Gasteiger partial charge is 0.484 e. The molecule has 146 valence electrons. The van der Waals surface area contributed by atoms with Crippen LogP contribution in [0.1, 0.15) is 16.7 Å². The zero-order valence-electron chi connectivity index (χ0n) is 14.7. The molecular weight excluding hydrogens is 373 g/mol. The molecule has 2 aromatic carbocycles. The monoisotopic (exact) mass is 390 g/mol. The molecule has 0 aliphatic carbocycles. The van der Waals surface area contributed by atoms with Crippen molar-refractivity contribution in [3.05, 3.63) is 77.9 Å². The lowest BCUT2D eigenvalue weighted by atomic mass is 10.1. The van der Waals surface area contributed by atoms with Crippen molar-refractivity contribution in [1.29, 1.82) is 0 Å². The number of alkyl halides is 3. The summed E-state index contributed by atoms with van der Waals surface area (Å²) in [4.78, 5) is 15.9. The molecule has 0 radical (unpaired) electrons. The summed E-state index contributed by atoms with van der Waals surface area (Å²) in [6, 6.07) is 11.8. The first-order valence-electron chi connectivity index (χ1n) is 8.38. The van der Waals surface area contributed by atoms with Crippen molar-refractivity contribution < 1.29 is 22.7 Å². The second-order valence-corrected chi connectivity index (χ2v) is 5.95. The van der Waals surface area contributed by atoms with Crippen LogP contribution in [0.5, 0.6) is 5.75 Å². The maximum absolute atomic E-state index is 12.5. The van der Waals surface area contributed by atoms with Crippen LogP contribution in [0.15, 0.2) is 61.2 Å². The van der Waals surface area contributed by atoms with Crippen LogP contribution in [0, 0.1) is 0 Å². The van der Waals surface area contributed by atoms with Gasteiger partial charge in [0.1, 0.15) is 18.4 Å². The summed E-state index contributed by atoms with van der Waals surface area (Å²) >= 11 is 0. The van der Waals surface area contributed by atoms with Gasteiger partial charge < -0.3 is 10.1 Å². The summed E-state index contributed by atoms with van der Waals surface area (Å²) in [6.45, 7) is 0.519. The zero-order chi connectivity index (χ0) is 20.0. The number of amides is 1. The van der Waals surface area contributed by atoms with Crippen LogP contribution >= 0.6 is 0 Å². The number of nitrogens with one attached hydrogen (secondary N) is 1. The van der Waals surface area contributed by atoms with Crippen molar-refractivity contribution in [3.8, 4) is 5.75 Å². The summed E-state index contributed by atoms with van der Waals surface area (Å²) in [5.41, 5.74) is 1.13. The minimum Gasteiger partial charge on any atom is -0.484 e. The third kappa shape index (κ3) is 5.32. The van der Waals surface area contributed by atoms with E-state index in [1.807, 2.05) is 24.3 Å². The molecule has 3 aromatic rings. The fourth-order valence-electron chi connectivity index (χ4n) is 2.51. The van der Waals surface area contributed by atoms with Gasteiger partial charge in [0, 0.05) is 6.54 Å². The molecule has 0 atom stereocenters. The first-order valence-corrected chi connectivity index (χ1v) is 8.38. The highest BCUT2D eigenvalue weighted by atomic mass is 19.4. The molecule has 1 N–H and O–H groups in total. The summed E-state index contributed by atoms with van der Waals surface area (Å²) in [5, 5.41) is 6.80. The maximum Gasteiger partial charge on any atom is 0.416 e. The number of hydrogen-bond acceptors (Lipinski definition) is 4. The van der Waals surface area contributed by atoms with Crippen molar-refractivity contribution in [2.75, 3.05) is 6.61 Å². The van der Waals surface area contributed by atoms with E-state index in [-0.39, 0.29) is 18.3 Å². The third-order valence-corrected chi connectivity index (χ3v) is 3.94. The van der Waals surface area contributed by atoms with Gasteiger partial charge in [0.25, 0.3) is 5.91 Å². The number of benzene rings is 2. The number of carbonyl (C=O) groups excluding carboxylic acids is 1. The molecule has 0 unspecified atom stereocenters. The normalized spacial score (nSPS) is 11.2. The highest BCUT2D eigenvalue weighted by Gasteiger charge is 2.30. The number of rotatable bonds is 7. The van der Waals surface area contributed by atoms with Crippen LogP contribution in [0.2, 0.25) is 0 Å². The van der Waals surface area contributed by atoms with E-state index >= 15 is 0 Å². The molecule has 6 nitrogen and oxygen atoms in total. The van der Waals surface area contributed by atoms with Gasteiger partial charge in [-0.05, 0) is 35.4 Å². The number of carbonyl (C=O) groups is 1. The maximum atomic E-state index is 12.5. The fraction of sp³-hybridized carbons (Fsp3) is 0.211. The first-order chi connectivity index (χ1) is 13.4. The van der Waals surface area contributed by atoms with Crippen molar-refractivity contribution in [2.24, 2.45) is 0 Å². The van der Waals surface area contributed by atoms with Gasteiger partial charge in [0.2, 0.25) is 0 Å². The summed E-state index contributed by atoms with van der Waals surface area (Å²) < 4.78 is 44.5. The Morgan fingerprint density at radius 3 is 2.43 bits per heavy atom. The predicted molar refractivity (Wildman–Crippen MR) is 94.4 cm³/mol. The molecular formula is C19H17F3N4O2. The average molecular weight is 390 g/mol. The van der Waals surface area contributed by atoms with E-state index in [1.165, 1.54) is 18.5 Å². The van der Waals surface area contributed by atoms with E-state index in [0.29, 0.717) is 13.1 Å². The van der Waals surface area contributed by atoms with Crippen LogP contribution in [0.4, 0.5) is 13.2 Å². The van der Waals surface area contributed by atoms with Gasteiger partial charge in [-0.25, -0.2) is 9.67 Å². The topological polar surface area (TPSA) is 69.0 Å². The van der Waals surface area contributed by atoms with Crippen LogP contribution < -0.4 is 10.1 Å². The molecule has 0 saturated heterocycles. The number of ether oxygens (including phenoxy) is 1. The van der Waals surface area contributed by atoms with Crippen LogP contribution in [0.3, 0.4) is 0 Å². The average Bonchev–Trinajstić information content (AvgIpc) is 3.18. The van der Waals surface area contributed by atoms with Gasteiger partial charge in [-0.3, -0.25) is 4.79 Å². The SMILES string of the molecule is O=C(COc1ccc(C(F)(F)F)cc1)NCc1ccccc1Cn1cncn1. The lowest BCUT2D eigenvalue weighted by Gasteiger charge is -2.12. The molecule has 0 spiro atoms. The fourth-order valence-corrected chi connectivity index (χ4v) is 2.51. The minimum atomic E-state index is -4.41. The molecule has 0 aliphatic heterocycles. The molecule has 3 rings (SSSR count). The quantitative estimate of drug-likeness (QED) is 0.673. The first kappa shape index (κ1) is 19.4. The molecule has 0 fully saturated rings. The second-order valence-electron chi connectivity index (χ2n) is 5.95. The Kier molecular flexibility index (Phi) is 5.93. The van der Waals surface area contributed by atoms with E-state index in [9.17, 15) is 18.0 Å². The molecule has 0 aliphatic rings. The molecule has 1 aromatic heterocycles. The van der Waals surface area contributed by atoms with E-state index in [0.717, 1.165) is 23.3 Å². The predicted octanol–water partition coefficient (Wildman–Crippen LogP) is 3.04. The smallest absolute Gasteiger partial charge is 0.416 e. The second kappa shape index (κ2) is 8.55. The minimum absolute atomic E-state index is 0.190. The number of nitrogens with zero attached hydrogens (tertiary/aromatic N) is 3. The van der Waals surface area contributed by atoms with Crippen molar-refractivity contribution in [3.63, 3.8) is 0 Å². The van der Waals surface area contributed by atoms with Gasteiger partial charge in [-0.1, -0.05) is 24.3 Å². The highest BCUT2D eigenvalue weighted by Crippen LogP contribution is 2.30. The van der Waals surface area contributed by atoms with Gasteiger partial charge in [-0.2, -0.15) is 18.3 Å². The zero-order valence-corrected chi connectivity index (χ0v) is 14.7. The molecule has 9 heteroatoms. The van der Waals surface area contributed by atoms with Crippen molar-refractivity contribution >= 4 is 5.91 Å². The van der Waals surface area contributed by atoms with Gasteiger partial charge >= 0.3 is 6.18 Å². The highest BCUT2D eigenvalue weighted by molar-refractivity contribution is 5.77. The van der Waals surface area contributed by atoms with E-state index in [1.54, 1.807) is 11.0 Å². The lowest BCUT2D eigenvalue weighted by molar-refractivity contribution is -0.137. The van der Waals surface area contributed by atoms with Gasteiger partial charge in [0.15, 0.2) is 6.61 Å². The van der Waals surface area contributed by atoms with Crippen molar-refractivity contribution in [1.82, 2.24) is 20.1 Å². The van der Waals surface area contributed by atoms with Crippen LogP contribution in [-0.4, -0.2) is 27.3 Å². The Bertz CT molecular complexity index is 910. The van der Waals surface area contributed by atoms with Gasteiger partial charge in [-0.15, -0.1) is 0 Å². The molecule has 1 heterocycles. The Morgan fingerprint density at radius 1 is 1.07 bits per heavy atom. The Labute approximate surface area is 159 Å². The van der Waals surface area contributed by atoms with E-state index in [4.69, 9.17) is 4.74 Å². The number of aromatic nitrogens is 3. The van der Waals surface area contributed by atoms with Crippen LogP contribution in [-0.2, 0) is 24.1 Å². The molecule has 0 saturated carbocycles. The van der Waals surface area contributed by atoms with Crippen LogP contribution in [0.25, 0.3) is 0 Å². The Balaban J connectivity index is 1.51. The number of halogens is 3. The molecule has 28 heavy (non-hydrogen) atoms. The van der Waals surface area contributed by atoms with E-state index < -0.39 is 11.7 Å². The summed E-state index contributed by atoms with van der Waals surface area (Å²) in [5.74, 6) is -0.190. The summed E-state index contributed by atoms with van der Waals surface area (Å²) in [7, 11) is 0. The standard InChI is InChI=1S/C19H17F3N4O2/c20-19(21,22)16-5-7-17(8-6-16)28-11-18(27)24-9-14-3-1-2-4-15(14)10-26-13-23-12-25-26/h1-8,12-13H,9-11H2,(H,24,27). The van der Waals surface area contributed by atoms with E-state index in [2.05, 4.69) is 15.4 Å². The number of hydrogen-bond donors (Lipinski definition) is 1. The van der Waals surface area contributed by atoms with Gasteiger partial charge in [0.05, 0.1) is 12.1 Å². The summed E-state index contributed by atoms with van der Waals surface area (Å²) in [6.07, 6.45) is -1.36. The molecule has 1 amide bonds. The third-order valence-electron chi connectivity index (χ3n) is 3.94. The molecule has 0 bridgehead atoms. The Hall–Kier alpha value is -3.36. The lowest BCUT2D eigenvalue weighted by Crippen LogP contribution is -2.28. The van der Waals surface area contributed by atoms with Crippen molar-refractivity contribution in [2.45, 2.75) is 19.3 Å². The Morgan fingerprint density at radius 2 is 1.79 bits per heavy atom.